The molecule has 0 aliphatic rings. The molecule has 4 N–H and O–H groups in total. The Morgan fingerprint density at radius 3 is 1.47 bits per heavy atom. The third-order valence-electron chi connectivity index (χ3n) is 7.65. The normalized spacial score (nSPS) is 14.0. The van der Waals surface area contributed by atoms with Crippen LogP contribution in [-0.2, 0) is 32.7 Å². The van der Waals surface area contributed by atoms with Crippen LogP contribution in [0.1, 0.15) is 162 Å². The van der Waals surface area contributed by atoms with Gasteiger partial charge in [0.2, 0.25) is 5.91 Å². The van der Waals surface area contributed by atoms with E-state index >= 15 is 0 Å². The van der Waals surface area contributed by atoms with Gasteiger partial charge in [0.05, 0.1) is 13.2 Å². The summed E-state index contributed by atoms with van der Waals surface area (Å²) < 4.78 is 26.6. The average molecular weight is 666 g/mol. The molecule has 0 aromatic carbocycles. The van der Waals surface area contributed by atoms with Gasteiger partial charge in [0.15, 0.2) is 6.04 Å². The predicted molar refractivity (Wildman–Crippen MR) is 176 cm³/mol. The van der Waals surface area contributed by atoms with Gasteiger partial charge in [-0.1, -0.05) is 136 Å². The van der Waals surface area contributed by atoms with Crippen LogP contribution in [0.4, 0.5) is 0 Å². The highest BCUT2D eigenvalue weighted by Crippen LogP contribution is 2.43. The van der Waals surface area contributed by atoms with Gasteiger partial charge in [-0.2, -0.15) is 0 Å². The zero-order chi connectivity index (χ0) is 33.6. The van der Waals surface area contributed by atoms with Crippen molar-refractivity contribution in [3.63, 3.8) is 0 Å². The van der Waals surface area contributed by atoms with Crippen LogP contribution in [0.15, 0.2) is 0 Å². The number of hydrogen-bond acceptors (Lipinski definition) is 8. The van der Waals surface area contributed by atoms with Crippen molar-refractivity contribution < 1.29 is 47.8 Å². The first-order valence-corrected chi connectivity index (χ1v) is 19.1. The second-order valence-corrected chi connectivity index (χ2v) is 13.5. The minimum absolute atomic E-state index is 0.149. The van der Waals surface area contributed by atoms with Crippen molar-refractivity contribution in [1.29, 1.82) is 0 Å². The number of aliphatic hydroxyl groups is 1. The summed E-state index contributed by atoms with van der Waals surface area (Å²) in [6.45, 7) is 2.52. The smallest absolute Gasteiger partial charge is 0.472 e. The maximum absolute atomic E-state index is 12.1. The first kappa shape index (κ1) is 43.5. The molecule has 45 heavy (non-hydrogen) atoms. The second-order valence-electron chi connectivity index (χ2n) is 12.1. The largest absolute Gasteiger partial charge is 0.480 e. The van der Waals surface area contributed by atoms with Gasteiger partial charge in [-0.3, -0.25) is 18.6 Å². The summed E-state index contributed by atoms with van der Waals surface area (Å²) in [7, 11) is -4.73. The highest BCUT2D eigenvalue weighted by molar-refractivity contribution is 7.47. The van der Waals surface area contributed by atoms with E-state index in [9.17, 15) is 34.1 Å². The molecule has 1 amide bonds. The standard InChI is InChI=1S/C33H64NO10P/c1-3-5-7-9-11-13-14-15-16-17-19-21-23-25-32(37)42-26-29(35)27-43-45(40,41)44-28-30(33(38)39)34-31(36)24-22-20-18-12-10-8-6-4-2/h29-30,35H,3-28H2,1-2H3,(H,34,36)(H,38,39)(H,40,41). The minimum atomic E-state index is -4.73. The topological polar surface area (TPSA) is 169 Å². The molecule has 0 rings (SSSR count). The molecule has 0 bridgehead atoms. The van der Waals surface area contributed by atoms with Crippen molar-refractivity contribution in [3.8, 4) is 0 Å². The molecule has 11 nitrogen and oxygen atoms in total. The van der Waals surface area contributed by atoms with Gasteiger partial charge < -0.3 is 25.2 Å². The Morgan fingerprint density at radius 2 is 1.02 bits per heavy atom. The summed E-state index contributed by atoms with van der Waals surface area (Å²) in [5.41, 5.74) is 0. The number of ether oxygens (including phenoxy) is 1. The van der Waals surface area contributed by atoms with E-state index in [0.29, 0.717) is 12.8 Å². The fourth-order valence-electron chi connectivity index (χ4n) is 4.84. The number of unbranched alkanes of at least 4 members (excludes halogenated alkanes) is 19. The molecular weight excluding hydrogens is 601 g/mol. The molecule has 0 radical (unpaired) electrons. The van der Waals surface area contributed by atoms with E-state index in [1.54, 1.807) is 0 Å². The van der Waals surface area contributed by atoms with Gasteiger partial charge in [0, 0.05) is 12.8 Å². The number of hydrogen-bond donors (Lipinski definition) is 4. The van der Waals surface area contributed by atoms with Gasteiger partial charge in [0.1, 0.15) is 12.7 Å². The molecule has 12 heteroatoms. The van der Waals surface area contributed by atoms with Gasteiger partial charge in [-0.25, -0.2) is 9.36 Å². The van der Waals surface area contributed by atoms with Crippen LogP contribution in [0.2, 0.25) is 0 Å². The summed E-state index contributed by atoms with van der Waals surface area (Å²) in [6.07, 6.45) is 23.0. The molecule has 266 valence electrons. The van der Waals surface area contributed by atoms with Crippen LogP contribution in [0.3, 0.4) is 0 Å². The van der Waals surface area contributed by atoms with E-state index in [0.717, 1.165) is 38.5 Å². The van der Waals surface area contributed by atoms with E-state index in [2.05, 4.69) is 19.2 Å². The van der Waals surface area contributed by atoms with Crippen LogP contribution in [0.25, 0.3) is 0 Å². The summed E-state index contributed by atoms with van der Waals surface area (Å²) in [6, 6.07) is -1.54. The monoisotopic (exact) mass is 665 g/mol. The Labute approximate surface area is 272 Å². The molecule has 0 saturated heterocycles. The number of carboxylic acids is 1. The lowest BCUT2D eigenvalue weighted by Gasteiger charge is -2.18. The molecule has 0 aliphatic carbocycles. The number of carbonyl (C=O) groups is 3. The molecule has 0 heterocycles. The molecule has 0 fully saturated rings. The summed E-state index contributed by atoms with van der Waals surface area (Å²) in [5.74, 6) is -2.37. The summed E-state index contributed by atoms with van der Waals surface area (Å²) >= 11 is 0. The molecule has 0 aliphatic heterocycles. The van der Waals surface area contributed by atoms with Crippen LogP contribution >= 0.6 is 7.82 Å². The lowest BCUT2D eigenvalue weighted by Crippen LogP contribution is -2.43. The van der Waals surface area contributed by atoms with Crippen LogP contribution in [0.5, 0.6) is 0 Å². The van der Waals surface area contributed by atoms with Crippen molar-refractivity contribution in [3.05, 3.63) is 0 Å². The first-order chi connectivity index (χ1) is 21.6. The minimum Gasteiger partial charge on any atom is -0.480 e. The molecule has 0 aromatic heterocycles. The molecule has 3 unspecified atom stereocenters. The third-order valence-corrected chi connectivity index (χ3v) is 8.60. The number of aliphatic carboxylic acids is 1. The van der Waals surface area contributed by atoms with Crippen molar-refractivity contribution in [2.45, 2.75) is 174 Å². The Balaban J connectivity index is 3.96. The maximum atomic E-state index is 12.1. The van der Waals surface area contributed by atoms with Crippen molar-refractivity contribution >= 4 is 25.7 Å². The number of rotatable bonds is 33. The van der Waals surface area contributed by atoms with Crippen LogP contribution in [-0.4, -0.2) is 64.9 Å². The van der Waals surface area contributed by atoms with Crippen molar-refractivity contribution in [2.24, 2.45) is 0 Å². The van der Waals surface area contributed by atoms with E-state index in [1.807, 2.05) is 0 Å². The number of phosphoric acid groups is 1. The van der Waals surface area contributed by atoms with E-state index in [-0.39, 0.29) is 12.8 Å². The molecule has 3 atom stereocenters. The van der Waals surface area contributed by atoms with Crippen molar-refractivity contribution in [1.82, 2.24) is 5.32 Å². The van der Waals surface area contributed by atoms with Crippen LogP contribution in [0, 0.1) is 0 Å². The van der Waals surface area contributed by atoms with Gasteiger partial charge in [-0.05, 0) is 12.8 Å². The number of carbonyl (C=O) groups excluding carboxylic acids is 2. The van der Waals surface area contributed by atoms with Gasteiger partial charge in [-0.15, -0.1) is 0 Å². The average Bonchev–Trinajstić information content (AvgIpc) is 3.00. The lowest BCUT2D eigenvalue weighted by molar-refractivity contribution is -0.147. The zero-order valence-electron chi connectivity index (χ0n) is 28.2. The first-order valence-electron chi connectivity index (χ1n) is 17.6. The number of aliphatic hydroxyl groups excluding tert-OH is 1. The Hall–Kier alpha value is -1.52. The SMILES string of the molecule is CCCCCCCCCCCCCCCC(=O)OCC(O)COP(=O)(O)OCC(NC(=O)CCCCCCCCCC)C(=O)O. The number of carboxylic acid groups (broad SMARTS) is 1. The van der Waals surface area contributed by atoms with E-state index in [1.165, 1.54) is 83.5 Å². The summed E-state index contributed by atoms with van der Waals surface area (Å²) in [5, 5.41) is 21.6. The highest BCUT2D eigenvalue weighted by atomic mass is 31.2. The quantitative estimate of drug-likeness (QED) is 0.0311. The van der Waals surface area contributed by atoms with Crippen molar-refractivity contribution in [2.75, 3.05) is 19.8 Å². The predicted octanol–water partition coefficient (Wildman–Crippen LogP) is 7.61. The maximum Gasteiger partial charge on any atom is 0.472 e. The van der Waals surface area contributed by atoms with Crippen LogP contribution < -0.4 is 5.32 Å². The molecule has 0 spiro atoms. The summed E-state index contributed by atoms with van der Waals surface area (Å²) in [4.78, 5) is 45.4. The number of esters is 1. The van der Waals surface area contributed by atoms with Gasteiger partial charge >= 0.3 is 19.8 Å². The zero-order valence-corrected chi connectivity index (χ0v) is 29.1. The van der Waals surface area contributed by atoms with Gasteiger partial charge in [0.25, 0.3) is 0 Å². The highest BCUT2D eigenvalue weighted by Gasteiger charge is 2.28. The number of phosphoric ester groups is 1. The Morgan fingerprint density at radius 1 is 0.622 bits per heavy atom. The van der Waals surface area contributed by atoms with E-state index in [4.69, 9.17) is 13.8 Å². The lowest BCUT2D eigenvalue weighted by atomic mass is 10.0. The fraction of sp³-hybridized carbons (Fsp3) is 0.909. The Bertz CT molecular complexity index is 797. The second kappa shape index (κ2) is 29.9. The molecule has 0 saturated carbocycles. The molecule has 0 aromatic rings. The Kier molecular flexibility index (Phi) is 28.8. The molecular formula is C33H64NO10P. The fourth-order valence-corrected chi connectivity index (χ4v) is 5.62. The number of nitrogens with one attached hydrogen (secondary N) is 1. The van der Waals surface area contributed by atoms with E-state index < -0.39 is 57.6 Å². The number of amides is 1. The third kappa shape index (κ3) is 29.6.